The summed E-state index contributed by atoms with van der Waals surface area (Å²) in [6.07, 6.45) is 5.41. The molecule has 2 aliphatic heterocycles. The summed E-state index contributed by atoms with van der Waals surface area (Å²) in [6.45, 7) is 10.1. The summed E-state index contributed by atoms with van der Waals surface area (Å²) < 4.78 is 30.2. The SMILES string of the molecule is C=C/C=C(\C=C)c1cc(-c2ccccc2)c2c3c1Oc1ccc(-c4ccccc4)cc1P3(=O)c1cc(-c3ccccc3C)ccc1O2. The average molecular weight is 627 g/mol. The van der Waals surface area contributed by atoms with Crippen LogP contribution in [0.3, 0.4) is 0 Å². The molecule has 4 heteroatoms. The predicted octanol–water partition coefficient (Wildman–Crippen LogP) is 10.6. The highest BCUT2D eigenvalue weighted by Gasteiger charge is 2.48. The van der Waals surface area contributed by atoms with Crippen molar-refractivity contribution in [1.29, 1.82) is 0 Å². The number of benzene rings is 6. The van der Waals surface area contributed by atoms with Gasteiger partial charge in [-0.2, -0.15) is 0 Å². The van der Waals surface area contributed by atoms with Gasteiger partial charge in [0.25, 0.3) is 0 Å². The van der Waals surface area contributed by atoms with Crippen molar-refractivity contribution < 1.29 is 14.0 Å². The molecular formula is C43H31O3P. The first kappa shape index (κ1) is 28.8. The minimum absolute atomic E-state index is 0.517. The molecule has 0 aliphatic carbocycles. The van der Waals surface area contributed by atoms with Gasteiger partial charge in [0.1, 0.15) is 28.3 Å². The Morgan fingerprint density at radius 1 is 0.617 bits per heavy atom. The Hall–Kier alpha value is -5.63. The largest absolute Gasteiger partial charge is 0.455 e. The van der Waals surface area contributed by atoms with E-state index in [1.165, 1.54) is 0 Å². The third kappa shape index (κ3) is 4.54. The van der Waals surface area contributed by atoms with E-state index in [1.54, 1.807) is 12.2 Å². The average Bonchev–Trinajstić information content (AvgIpc) is 3.12. The highest BCUT2D eigenvalue weighted by molar-refractivity contribution is 7.86. The van der Waals surface area contributed by atoms with Gasteiger partial charge < -0.3 is 14.0 Å². The Kier molecular flexibility index (Phi) is 6.94. The third-order valence-electron chi connectivity index (χ3n) is 9.02. The molecule has 0 aromatic heterocycles. The van der Waals surface area contributed by atoms with Crippen LogP contribution in [0, 0.1) is 6.92 Å². The fourth-order valence-electron chi connectivity index (χ4n) is 6.73. The van der Waals surface area contributed by atoms with Gasteiger partial charge in [-0.05, 0) is 76.2 Å². The number of allylic oxidation sites excluding steroid dienone is 4. The molecule has 0 saturated heterocycles. The van der Waals surface area contributed by atoms with Gasteiger partial charge in [0.15, 0.2) is 7.14 Å². The lowest BCUT2D eigenvalue weighted by atomic mass is 9.96. The second-order valence-electron chi connectivity index (χ2n) is 11.8. The van der Waals surface area contributed by atoms with Crippen molar-refractivity contribution in [2.75, 3.05) is 0 Å². The van der Waals surface area contributed by atoms with Crippen LogP contribution in [0.25, 0.3) is 39.0 Å². The van der Waals surface area contributed by atoms with Crippen LogP contribution in [0.15, 0.2) is 159 Å². The molecule has 0 amide bonds. The van der Waals surface area contributed by atoms with Crippen LogP contribution in [-0.4, -0.2) is 0 Å². The molecule has 0 saturated carbocycles. The molecule has 1 atom stereocenters. The summed E-state index contributed by atoms with van der Waals surface area (Å²) >= 11 is 0. The van der Waals surface area contributed by atoms with Crippen molar-refractivity contribution in [3.8, 4) is 56.4 Å². The Morgan fingerprint density at radius 2 is 1.21 bits per heavy atom. The molecule has 226 valence electrons. The predicted molar refractivity (Wildman–Crippen MR) is 195 cm³/mol. The van der Waals surface area contributed by atoms with Crippen LogP contribution >= 0.6 is 7.14 Å². The Labute approximate surface area is 275 Å². The standard InChI is InChI=1S/C43H31O3P/c1-4-14-29(5-2)35-27-36(31-18-10-7-11-19-31)42-43-41(35)45-37-23-21-32(30-16-8-6-9-17-30)25-39(37)47(43,44)40-26-33(22-24-38(40)46-42)34-20-13-12-15-28(34)3/h4-27H,1-2H2,3H3/b29-14+. The van der Waals surface area contributed by atoms with Gasteiger partial charge in [0, 0.05) is 11.1 Å². The van der Waals surface area contributed by atoms with Crippen LogP contribution in [0.2, 0.25) is 0 Å². The normalized spacial score (nSPS) is 15.7. The number of hydrogen-bond acceptors (Lipinski definition) is 3. The van der Waals surface area contributed by atoms with Crippen molar-refractivity contribution in [3.63, 3.8) is 0 Å². The minimum Gasteiger partial charge on any atom is -0.455 e. The van der Waals surface area contributed by atoms with Gasteiger partial charge in [-0.15, -0.1) is 0 Å². The molecule has 2 heterocycles. The minimum atomic E-state index is -3.61. The fraction of sp³-hybridized carbons (Fsp3) is 0.0233. The maximum Gasteiger partial charge on any atom is 0.185 e. The summed E-state index contributed by atoms with van der Waals surface area (Å²) in [7, 11) is -3.61. The van der Waals surface area contributed by atoms with Gasteiger partial charge in [-0.1, -0.05) is 128 Å². The lowest BCUT2D eigenvalue weighted by molar-refractivity contribution is 0.462. The molecule has 6 aromatic carbocycles. The Morgan fingerprint density at radius 3 is 1.87 bits per heavy atom. The van der Waals surface area contributed by atoms with E-state index in [1.807, 2.05) is 91.0 Å². The number of rotatable bonds is 6. The molecule has 8 rings (SSSR count). The second kappa shape index (κ2) is 11.3. The second-order valence-corrected chi connectivity index (χ2v) is 14.4. The Balaban J connectivity index is 1.50. The van der Waals surface area contributed by atoms with Gasteiger partial charge in [-0.3, -0.25) is 0 Å². The number of aryl methyl sites for hydroxylation is 1. The summed E-state index contributed by atoms with van der Waals surface area (Å²) in [5.41, 5.74) is 8.58. The zero-order chi connectivity index (χ0) is 32.1. The lowest BCUT2D eigenvalue weighted by Gasteiger charge is -2.37. The monoisotopic (exact) mass is 626 g/mol. The molecule has 0 radical (unpaired) electrons. The van der Waals surface area contributed by atoms with Crippen molar-refractivity contribution in [1.82, 2.24) is 0 Å². The Bertz CT molecular complexity index is 2320. The van der Waals surface area contributed by atoms with E-state index in [2.05, 4.69) is 62.5 Å². The summed E-state index contributed by atoms with van der Waals surface area (Å²) in [5.74, 6) is 2.21. The maximum atomic E-state index is 16.6. The molecule has 2 aliphatic rings. The first-order valence-electron chi connectivity index (χ1n) is 15.6. The zero-order valence-corrected chi connectivity index (χ0v) is 26.8. The van der Waals surface area contributed by atoms with E-state index >= 15 is 4.57 Å². The van der Waals surface area contributed by atoms with Gasteiger partial charge >= 0.3 is 0 Å². The molecular weight excluding hydrogens is 595 g/mol. The third-order valence-corrected chi connectivity index (χ3v) is 12.1. The summed E-state index contributed by atoms with van der Waals surface area (Å²) in [6, 6.07) is 42.6. The molecule has 1 unspecified atom stereocenters. The first-order valence-corrected chi connectivity index (χ1v) is 17.3. The quantitative estimate of drug-likeness (QED) is 0.136. The fourth-order valence-corrected chi connectivity index (χ4v) is 9.88. The molecule has 0 N–H and O–H groups in total. The molecule has 6 aromatic rings. The molecule has 47 heavy (non-hydrogen) atoms. The van der Waals surface area contributed by atoms with E-state index in [9.17, 15) is 0 Å². The van der Waals surface area contributed by atoms with Crippen LogP contribution in [0.4, 0.5) is 0 Å². The van der Waals surface area contributed by atoms with Gasteiger partial charge in [0.05, 0.1) is 10.6 Å². The van der Waals surface area contributed by atoms with E-state index < -0.39 is 7.14 Å². The van der Waals surface area contributed by atoms with Crippen LogP contribution in [-0.2, 0) is 4.57 Å². The molecule has 0 fully saturated rings. The van der Waals surface area contributed by atoms with Gasteiger partial charge in [0.2, 0.25) is 0 Å². The van der Waals surface area contributed by atoms with Crippen molar-refractivity contribution in [2.24, 2.45) is 0 Å². The topological polar surface area (TPSA) is 35.5 Å². The van der Waals surface area contributed by atoms with Crippen molar-refractivity contribution >= 4 is 28.6 Å². The first-order chi connectivity index (χ1) is 23.0. The number of fused-ring (bicyclic) bond motifs is 4. The van der Waals surface area contributed by atoms with E-state index in [-0.39, 0.29) is 0 Å². The molecule has 3 nitrogen and oxygen atoms in total. The van der Waals surface area contributed by atoms with Crippen LogP contribution < -0.4 is 25.4 Å². The van der Waals surface area contributed by atoms with E-state index in [0.29, 0.717) is 38.9 Å². The van der Waals surface area contributed by atoms with E-state index in [4.69, 9.17) is 9.47 Å². The molecule has 0 bridgehead atoms. The highest BCUT2D eigenvalue weighted by Crippen LogP contribution is 2.62. The summed E-state index contributed by atoms with van der Waals surface area (Å²) in [5, 5.41) is 1.88. The summed E-state index contributed by atoms with van der Waals surface area (Å²) in [4.78, 5) is 0. The lowest BCUT2D eigenvalue weighted by Crippen LogP contribution is -2.36. The highest BCUT2D eigenvalue weighted by atomic mass is 31.2. The smallest absolute Gasteiger partial charge is 0.185 e. The molecule has 0 spiro atoms. The van der Waals surface area contributed by atoms with E-state index in [0.717, 1.165) is 50.1 Å². The zero-order valence-electron chi connectivity index (χ0n) is 25.9. The number of hydrogen-bond donors (Lipinski definition) is 0. The van der Waals surface area contributed by atoms with Crippen molar-refractivity contribution in [3.05, 3.63) is 170 Å². The maximum absolute atomic E-state index is 16.6. The van der Waals surface area contributed by atoms with Gasteiger partial charge in [-0.25, -0.2) is 0 Å². The van der Waals surface area contributed by atoms with Crippen LogP contribution in [0.1, 0.15) is 11.1 Å². The van der Waals surface area contributed by atoms with Crippen LogP contribution in [0.5, 0.6) is 23.0 Å². The number of ether oxygens (including phenoxy) is 2. The van der Waals surface area contributed by atoms with Crippen molar-refractivity contribution in [2.45, 2.75) is 6.92 Å².